The van der Waals surface area contributed by atoms with Crippen LogP contribution >= 0.6 is 22.7 Å². The summed E-state index contributed by atoms with van der Waals surface area (Å²) in [5.74, 6) is 1.51. The second-order valence-corrected chi connectivity index (χ2v) is 14.9. The third-order valence-electron chi connectivity index (χ3n) is 9.79. The van der Waals surface area contributed by atoms with Gasteiger partial charge in [-0.05, 0) is 89.3 Å². The van der Waals surface area contributed by atoms with E-state index in [1.807, 2.05) is 57.3 Å². The van der Waals surface area contributed by atoms with Crippen molar-refractivity contribution in [1.82, 2.24) is 4.98 Å². The molecule has 6 rings (SSSR count). The topological polar surface area (TPSA) is 63.3 Å². The largest absolute Gasteiger partial charge is 0.512 e. The third kappa shape index (κ3) is 6.74. The van der Waals surface area contributed by atoms with Crippen molar-refractivity contribution in [2.75, 3.05) is 0 Å². The quantitative estimate of drug-likeness (QED) is 0.0942. The van der Waals surface area contributed by atoms with E-state index in [0.717, 1.165) is 59.2 Å². The Morgan fingerprint density at radius 3 is 2.09 bits per heavy atom. The van der Waals surface area contributed by atoms with E-state index in [2.05, 4.69) is 65.0 Å². The average molecular weight is 845 g/mol. The van der Waals surface area contributed by atoms with Crippen LogP contribution in [0.3, 0.4) is 0 Å². The van der Waals surface area contributed by atoms with Crippen LogP contribution in [0.5, 0.6) is 0 Å². The molecule has 4 heterocycles. The Hall–Kier alpha value is -2.83. The van der Waals surface area contributed by atoms with Crippen LogP contribution in [0, 0.1) is 59.4 Å². The van der Waals surface area contributed by atoms with E-state index >= 15 is 0 Å². The number of rotatable bonds is 8. The van der Waals surface area contributed by atoms with E-state index in [-0.39, 0.29) is 43.5 Å². The fraction of sp³-hybridized carbons (Fsp3) is 0.400. The van der Waals surface area contributed by atoms with Crippen LogP contribution in [0.1, 0.15) is 85.6 Å². The molecule has 0 bridgehead atoms. The Balaban J connectivity index is 0.000000269. The second kappa shape index (κ2) is 15.2. The molecule has 6 aromatic rings. The number of aryl methyl sites for hydroxylation is 6. The first kappa shape index (κ1) is 37.0. The van der Waals surface area contributed by atoms with Gasteiger partial charge in [-0.2, -0.15) is 0 Å². The van der Waals surface area contributed by atoms with Gasteiger partial charge in [0.15, 0.2) is 5.78 Å². The Kier molecular flexibility index (Phi) is 11.9. The van der Waals surface area contributed by atoms with Crippen LogP contribution in [-0.4, -0.2) is 15.9 Å². The Morgan fingerprint density at radius 2 is 1.45 bits per heavy atom. The van der Waals surface area contributed by atoms with E-state index in [9.17, 15) is 9.90 Å². The molecule has 1 N–H and O–H groups in total. The van der Waals surface area contributed by atoms with Crippen molar-refractivity contribution >= 4 is 70.5 Å². The summed E-state index contributed by atoms with van der Waals surface area (Å²) in [6.07, 6.45) is 4.91. The van der Waals surface area contributed by atoms with Crippen LogP contribution in [-0.2, 0) is 24.9 Å². The van der Waals surface area contributed by atoms with Gasteiger partial charge in [-0.25, -0.2) is 0 Å². The van der Waals surface area contributed by atoms with Gasteiger partial charge in [-0.15, -0.1) is 40.2 Å². The van der Waals surface area contributed by atoms with Gasteiger partial charge in [0.2, 0.25) is 0 Å². The van der Waals surface area contributed by atoms with Crippen molar-refractivity contribution in [2.24, 2.45) is 11.8 Å². The minimum absolute atomic E-state index is 0. The van der Waals surface area contributed by atoms with Crippen molar-refractivity contribution < 1.29 is 34.4 Å². The summed E-state index contributed by atoms with van der Waals surface area (Å²) < 4.78 is 8.91. The monoisotopic (exact) mass is 845 g/mol. The molecular formula is C40H46IrNO3S2-. The van der Waals surface area contributed by atoms with E-state index < -0.39 is 0 Å². The smallest absolute Gasteiger partial charge is 0.162 e. The molecule has 0 spiro atoms. The molecule has 0 saturated carbocycles. The molecule has 2 aromatic carbocycles. The fourth-order valence-electron chi connectivity index (χ4n) is 6.39. The average Bonchev–Trinajstić information content (AvgIpc) is 3.62. The third-order valence-corrected chi connectivity index (χ3v) is 12.2. The minimum Gasteiger partial charge on any atom is -0.512 e. The molecule has 0 aliphatic heterocycles. The fourth-order valence-corrected chi connectivity index (χ4v) is 8.83. The maximum atomic E-state index is 11.7. The molecule has 251 valence electrons. The molecule has 4 aromatic heterocycles. The second-order valence-electron chi connectivity index (χ2n) is 12.4. The van der Waals surface area contributed by atoms with Gasteiger partial charge in [0.25, 0.3) is 0 Å². The number of carbonyl (C=O) groups excluding carboxylic acids is 1. The predicted octanol–water partition coefficient (Wildman–Crippen LogP) is 12.6. The van der Waals surface area contributed by atoms with Crippen molar-refractivity contribution in [1.29, 1.82) is 0 Å². The molecule has 1 radical (unpaired) electrons. The van der Waals surface area contributed by atoms with E-state index in [4.69, 9.17) is 9.40 Å². The molecule has 7 heteroatoms. The van der Waals surface area contributed by atoms with Gasteiger partial charge in [0, 0.05) is 63.6 Å². The van der Waals surface area contributed by atoms with E-state index in [1.165, 1.54) is 58.1 Å². The number of aliphatic hydroxyl groups is 1. The normalized spacial score (nSPS) is 12.0. The molecule has 0 saturated heterocycles. The number of furan rings is 1. The number of fused-ring (bicyclic) bond motifs is 6. The summed E-state index contributed by atoms with van der Waals surface area (Å²) in [6, 6.07) is 12.2. The number of aromatic nitrogens is 1. The number of hydrogen-bond acceptors (Lipinski definition) is 6. The molecule has 0 aliphatic carbocycles. The van der Waals surface area contributed by atoms with E-state index in [0.29, 0.717) is 0 Å². The Morgan fingerprint density at radius 1 is 0.851 bits per heavy atom. The van der Waals surface area contributed by atoms with Gasteiger partial charge < -0.3 is 9.52 Å². The van der Waals surface area contributed by atoms with Crippen LogP contribution in [0.4, 0.5) is 0 Å². The van der Waals surface area contributed by atoms with Crippen molar-refractivity contribution in [3.8, 4) is 11.3 Å². The number of benzene rings is 2. The van der Waals surface area contributed by atoms with Gasteiger partial charge in [0.1, 0.15) is 0 Å². The van der Waals surface area contributed by atoms with Crippen molar-refractivity contribution in [2.45, 2.75) is 94.9 Å². The maximum absolute atomic E-state index is 11.7. The summed E-state index contributed by atoms with van der Waals surface area (Å²) in [6.45, 7) is 21.1. The summed E-state index contributed by atoms with van der Waals surface area (Å²) in [7, 11) is 0. The number of nitrogens with zero attached hydrogens (tertiary/aromatic N) is 1. The number of hydrogen-bond donors (Lipinski definition) is 1. The summed E-state index contributed by atoms with van der Waals surface area (Å²) in [4.78, 5) is 19.7. The maximum Gasteiger partial charge on any atom is 0.162 e. The first-order chi connectivity index (χ1) is 22.0. The predicted molar refractivity (Wildman–Crippen MR) is 199 cm³/mol. The molecule has 4 nitrogen and oxygen atoms in total. The van der Waals surface area contributed by atoms with Crippen LogP contribution in [0.2, 0.25) is 0 Å². The zero-order chi connectivity index (χ0) is 33.4. The summed E-state index contributed by atoms with van der Waals surface area (Å²) >= 11 is 3.70. The van der Waals surface area contributed by atoms with Crippen LogP contribution < -0.4 is 0 Å². The first-order valence-electron chi connectivity index (χ1n) is 16.5. The van der Waals surface area contributed by atoms with Gasteiger partial charge in [-0.3, -0.25) is 9.78 Å². The number of ketones is 1. The van der Waals surface area contributed by atoms with Gasteiger partial charge >= 0.3 is 0 Å². The molecule has 0 aliphatic rings. The number of thiophene rings is 2. The summed E-state index contributed by atoms with van der Waals surface area (Å²) in [5, 5.41) is 14.6. The Labute approximate surface area is 300 Å². The molecule has 0 atom stereocenters. The van der Waals surface area contributed by atoms with Crippen LogP contribution in [0.25, 0.3) is 53.3 Å². The van der Waals surface area contributed by atoms with Crippen molar-refractivity contribution in [3.63, 3.8) is 0 Å². The molecular weight excluding hydrogens is 799 g/mol. The zero-order valence-corrected chi connectivity index (χ0v) is 33.3. The zero-order valence-electron chi connectivity index (χ0n) is 29.2. The number of pyridine rings is 1. The minimum atomic E-state index is 0. The van der Waals surface area contributed by atoms with E-state index in [1.54, 1.807) is 0 Å². The molecule has 0 unspecified atom stereocenters. The SMILES string of the molecule is CCC(CC)C(=O)/C=C(\O)C(CC)CC.Cc1oc2c(-c3nc4c(C)c(C)sc4c4c(C)c(C)sc34)[c-]c3ccccc3c2c1C.[Ir]. The molecule has 47 heavy (non-hydrogen) atoms. The standard InChI is InChI=1S/C27H22NOS2.C13H24O2.Ir/c1-12-15(4)29-25-20(11-18-9-7-8-10-19(18)21(12)25)24-27-22(13(2)16(5)30-27)26-23(28-24)14(3)17(6)31-26;1-5-10(6-2)12(14)9-13(15)11(7-3)8-4;/h7-10H,1-6H3;9-11,14H,5-8H2,1-4H3;/q-1;;/b;12-9-;. The first-order valence-corrected chi connectivity index (χ1v) is 18.2. The van der Waals surface area contributed by atoms with Gasteiger partial charge in [0.05, 0.1) is 27.3 Å². The van der Waals surface area contributed by atoms with Crippen LogP contribution in [0.15, 0.2) is 40.5 Å². The number of aliphatic hydroxyl groups excluding tert-OH is 1. The Bertz CT molecular complexity index is 2110. The molecule has 0 fully saturated rings. The summed E-state index contributed by atoms with van der Waals surface area (Å²) in [5.41, 5.74) is 7.81. The number of carbonyl (C=O) groups is 1. The van der Waals surface area contributed by atoms with Crippen molar-refractivity contribution in [3.05, 3.63) is 74.4 Å². The van der Waals surface area contributed by atoms with Gasteiger partial charge in [-0.1, -0.05) is 56.8 Å². The number of allylic oxidation sites excluding steroid dienone is 2. The molecule has 0 amide bonds.